The monoisotopic (exact) mass is 310 g/mol. The number of carboxylic acids is 2. The van der Waals surface area contributed by atoms with Gasteiger partial charge in [0.05, 0.1) is 12.0 Å². The predicted molar refractivity (Wildman–Crippen MR) is 65.2 cm³/mol. The molecule has 1 heterocycles. The van der Waals surface area contributed by atoms with Crippen molar-refractivity contribution in [3.05, 3.63) is 0 Å². The summed E-state index contributed by atoms with van der Waals surface area (Å²) >= 11 is 0. The first-order valence-electron chi connectivity index (χ1n) is 6.17. The molecular weight excluding hydrogens is 293 g/mol. The molecule has 21 heavy (non-hydrogen) atoms. The first-order valence-corrected chi connectivity index (χ1v) is 6.17. The molecular formula is C12H17F3N2O4. The van der Waals surface area contributed by atoms with E-state index in [9.17, 15) is 18.0 Å². The third kappa shape index (κ3) is 6.94. The van der Waals surface area contributed by atoms with E-state index < -0.39 is 24.2 Å². The molecule has 0 saturated carbocycles. The Labute approximate surface area is 119 Å². The van der Waals surface area contributed by atoms with Crippen molar-refractivity contribution in [2.45, 2.75) is 44.9 Å². The van der Waals surface area contributed by atoms with E-state index in [1.54, 1.807) is 0 Å². The number of rotatable bonds is 3. The topological polar surface area (TPSA) is 110 Å². The summed E-state index contributed by atoms with van der Waals surface area (Å²) < 4.78 is 31.7. The molecule has 3 atom stereocenters. The van der Waals surface area contributed by atoms with Gasteiger partial charge in [0.25, 0.3) is 0 Å². The standard InChI is InChI=1S/C10H16N2O2.C2HF3O2/c1-6(2)3-8-7(5-11)4-9(12-8)10(13)14;3-2(4,5)1(6)7/h6-9,12H,3-4H2,1-2H3,(H,13,14);(H,6,7). The summed E-state index contributed by atoms with van der Waals surface area (Å²) in [7, 11) is 0. The van der Waals surface area contributed by atoms with Gasteiger partial charge in [-0.05, 0) is 18.8 Å². The van der Waals surface area contributed by atoms with Crippen LogP contribution in [-0.4, -0.2) is 40.4 Å². The van der Waals surface area contributed by atoms with Crippen molar-refractivity contribution in [1.29, 1.82) is 5.26 Å². The maximum absolute atomic E-state index is 10.7. The number of hydrogen-bond acceptors (Lipinski definition) is 4. The predicted octanol–water partition coefficient (Wildman–Crippen LogP) is 1.62. The fraction of sp³-hybridized carbons (Fsp3) is 0.750. The van der Waals surface area contributed by atoms with Crippen LogP contribution < -0.4 is 5.32 Å². The number of hydrogen-bond donors (Lipinski definition) is 3. The third-order valence-corrected chi connectivity index (χ3v) is 2.82. The number of nitrogens with zero attached hydrogens (tertiary/aromatic N) is 1. The van der Waals surface area contributed by atoms with Gasteiger partial charge in [0.1, 0.15) is 6.04 Å². The quantitative estimate of drug-likeness (QED) is 0.730. The lowest BCUT2D eigenvalue weighted by molar-refractivity contribution is -0.192. The molecule has 0 bridgehead atoms. The molecule has 1 saturated heterocycles. The van der Waals surface area contributed by atoms with Crippen LogP contribution in [0.1, 0.15) is 26.7 Å². The normalized spacial score (nSPS) is 24.9. The second-order valence-corrected chi connectivity index (χ2v) is 5.07. The molecule has 6 nitrogen and oxygen atoms in total. The Morgan fingerprint density at radius 3 is 2.14 bits per heavy atom. The van der Waals surface area contributed by atoms with Crippen molar-refractivity contribution in [3.63, 3.8) is 0 Å². The van der Waals surface area contributed by atoms with E-state index in [2.05, 4.69) is 25.2 Å². The van der Waals surface area contributed by atoms with E-state index in [-0.39, 0.29) is 12.0 Å². The maximum atomic E-state index is 10.7. The summed E-state index contributed by atoms with van der Waals surface area (Å²) in [6.45, 7) is 4.15. The highest BCUT2D eigenvalue weighted by Crippen LogP contribution is 2.24. The molecule has 3 unspecified atom stereocenters. The number of halogens is 3. The molecule has 120 valence electrons. The van der Waals surface area contributed by atoms with Crippen LogP contribution in [0.4, 0.5) is 13.2 Å². The van der Waals surface area contributed by atoms with Gasteiger partial charge in [-0.25, -0.2) is 4.79 Å². The highest BCUT2D eigenvalue weighted by Gasteiger charge is 2.38. The summed E-state index contributed by atoms with van der Waals surface area (Å²) in [6, 6.07) is 1.68. The fourth-order valence-electron chi connectivity index (χ4n) is 1.92. The van der Waals surface area contributed by atoms with Crippen LogP contribution in [0.3, 0.4) is 0 Å². The SMILES string of the molecule is CC(C)CC1NC(C(=O)O)CC1C#N.O=C(O)C(F)(F)F. The molecule has 3 N–H and O–H groups in total. The van der Waals surface area contributed by atoms with Crippen LogP contribution in [0.5, 0.6) is 0 Å². The van der Waals surface area contributed by atoms with Gasteiger partial charge in [0.15, 0.2) is 0 Å². The van der Waals surface area contributed by atoms with Crippen molar-refractivity contribution >= 4 is 11.9 Å². The smallest absolute Gasteiger partial charge is 0.480 e. The zero-order chi connectivity index (χ0) is 16.8. The van der Waals surface area contributed by atoms with Crippen LogP contribution in [0, 0.1) is 23.2 Å². The lowest BCUT2D eigenvalue weighted by atomic mass is 9.94. The number of aliphatic carboxylic acids is 2. The minimum atomic E-state index is -5.08. The van der Waals surface area contributed by atoms with Gasteiger partial charge in [0, 0.05) is 6.04 Å². The summed E-state index contributed by atoms with van der Waals surface area (Å²) in [6.07, 6.45) is -3.79. The van der Waals surface area contributed by atoms with Crippen molar-refractivity contribution in [2.75, 3.05) is 0 Å². The molecule has 0 spiro atoms. The first-order chi connectivity index (χ1) is 9.48. The summed E-state index contributed by atoms with van der Waals surface area (Å²) in [5.41, 5.74) is 0. The molecule has 0 aromatic heterocycles. The Morgan fingerprint density at radius 1 is 1.38 bits per heavy atom. The van der Waals surface area contributed by atoms with Crippen molar-refractivity contribution in [1.82, 2.24) is 5.32 Å². The Kier molecular flexibility index (Phi) is 7.15. The van der Waals surface area contributed by atoms with Gasteiger partial charge in [-0.15, -0.1) is 0 Å². The average Bonchev–Trinajstić information content (AvgIpc) is 2.70. The minimum absolute atomic E-state index is 0.0427. The molecule has 0 radical (unpaired) electrons. The largest absolute Gasteiger partial charge is 0.490 e. The van der Waals surface area contributed by atoms with Gasteiger partial charge < -0.3 is 15.5 Å². The number of nitrogens with one attached hydrogen (secondary N) is 1. The molecule has 1 aliphatic heterocycles. The number of nitriles is 1. The van der Waals surface area contributed by atoms with Crippen molar-refractivity contribution < 1.29 is 33.0 Å². The molecule has 0 aliphatic carbocycles. The summed E-state index contributed by atoms with van der Waals surface area (Å²) in [4.78, 5) is 19.6. The Balaban J connectivity index is 0.000000486. The van der Waals surface area contributed by atoms with Crippen molar-refractivity contribution in [3.8, 4) is 6.07 Å². The summed E-state index contributed by atoms with van der Waals surface area (Å²) in [5.74, 6) is -3.28. The first kappa shape index (κ1) is 19.2. The van der Waals surface area contributed by atoms with Gasteiger partial charge >= 0.3 is 18.1 Å². The highest BCUT2D eigenvalue weighted by molar-refractivity contribution is 5.74. The minimum Gasteiger partial charge on any atom is -0.480 e. The van der Waals surface area contributed by atoms with Gasteiger partial charge in [-0.3, -0.25) is 4.79 Å². The molecule has 9 heteroatoms. The van der Waals surface area contributed by atoms with Crippen molar-refractivity contribution in [2.24, 2.45) is 11.8 Å². The highest BCUT2D eigenvalue weighted by atomic mass is 19.4. The zero-order valence-corrected chi connectivity index (χ0v) is 11.5. The number of alkyl halides is 3. The third-order valence-electron chi connectivity index (χ3n) is 2.82. The number of carbonyl (C=O) groups is 2. The number of carboxylic acid groups (broad SMARTS) is 2. The Hall–Kier alpha value is -1.82. The molecule has 1 fully saturated rings. The van der Waals surface area contributed by atoms with Gasteiger partial charge in [0.2, 0.25) is 0 Å². The molecule has 0 amide bonds. The van der Waals surface area contributed by atoms with E-state index in [1.165, 1.54) is 0 Å². The van der Waals surface area contributed by atoms with E-state index in [0.29, 0.717) is 12.3 Å². The Morgan fingerprint density at radius 2 is 1.86 bits per heavy atom. The van der Waals surface area contributed by atoms with E-state index >= 15 is 0 Å². The molecule has 1 aliphatic rings. The van der Waals surface area contributed by atoms with Crippen LogP contribution in [0.2, 0.25) is 0 Å². The lowest BCUT2D eigenvalue weighted by Gasteiger charge is -2.16. The van der Waals surface area contributed by atoms with E-state index in [1.807, 2.05) is 0 Å². The fourth-order valence-corrected chi connectivity index (χ4v) is 1.92. The average molecular weight is 310 g/mol. The van der Waals surface area contributed by atoms with E-state index in [4.69, 9.17) is 20.3 Å². The maximum Gasteiger partial charge on any atom is 0.490 e. The summed E-state index contributed by atoms with van der Waals surface area (Å²) in [5, 5.41) is 27.8. The molecule has 0 aromatic carbocycles. The zero-order valence-electron chi connectivity index (χ0n) is 11.5. The second-order valence-electron chi connectivity index (χ2n) is 5.07. The van der Waals surface area contributed by atoms with Gasteiger partial charge in [-0.1, -0.05) is 13.8 Å². The Bertz CT molecular complexity index is 418. The molecule has 0 aromatic rings. The van der Waals surface area contributed by atoms with Crippen LogP contribution in [0.15, 0.2) is 0 Å². The van der Waals surface area contributed by atoms with E-state index in [0.717, 1.165) is 6.42 Å². The second kappa shape index (κ2) is 7.83. The van der Waals surface area contributed by atoms with Crippen LogP contribution >= 0.6 is 0 Å². The van der Waals surface area contributed by atoms with Crippen LogP contribution in [-0.2, 0) is 9.59 Å². The molecule has 1 rings (SSSR count). The van der Waals surface area contributed by atoms with Crippen LogP contribution in [0.25, 0.3) is 0 Å². The van der Waals surface area contributed by atoms with Gasteiger partial charge in [-0.2, -0.15) is 18.4 Å². The lowest BCUT2D eigenvalue weighted by Crippen LogP contribution is -2.36.